The predicted octanol–water partition coefficient (Wildman–Crippen LogP) is 3.10. The number of nitrogens with zero attached hydrogens (tertiary/aromatic N) is 4. The molecular weight excluding hydrogens is 326 g/mol. The second-order valence-electron chi connectivity index (χ2n) is 3.91. The van der Waals surface area contributed by atoms with E-state index in [4.69, 9.17) is 0 Å². The number of halogens is 1. The first-order valence-electron chi connectivity index (χ1n) is 5.61. The zero-order valence-corrected chi connectivity index (χ0v) is 12.2. The summed E-state index contributed by atoms with van der Waals surface area (Å²) in [6, 6.07) is 10.1. The smallest absolute Gasteiger partial charge is 0.143 e. The van der Waals surface area contributed by atoms with Gasteiger partial charge in [-0.2, -0.15) is 0 Å². The lowest BCUT2D eigenvalue weighted by Crippen LogP contribution is -1.99. The van der Waals surface area contributed by atoms with E-state index in [0.717, 1.165) is 21.7 Å². The predicted molar refractivity (Wildman–Crippen MR) is 78.5 cm³/mol. The molecule has 3 aromatic rings. The lowest BCUT2D eigenvalue weighted by atomic mass is 10.2. The Morgan fingerprint density at radius 3 is 2.74 bits per heavy atom. The Morgan fingerprint density at radius 2 is 2.11 bits per heavy atom. The fraction of sp³-hybridized carbons (Fsp3) is 0.0833. The summed E-state index contributed by atoms with van der Waals surface area (Å²) in [6.45, 7) is 0.812. The molecule has 5 nitrogen and oxygen atoms in total. The van der Waals surface area contributed by atoms with Gasteiger partial charge in [0.1, 0.15) is 6.33 Å². The molecule has 0 spiro atoms. The van der Waals surface area contributed by atoms with Crippen LogP contribution in [0.25, 0.3) is 5.69 Å². The molecule has 2 aromatic heterocycles. The van der Waals surface area contributed by atoms with Crippen molar-refractivity contribution in [3.63, 3.8) is 0 Å². The summed E-state index contributed by atoms with van der Waals surface area (Å²) in [4.78, 5) is 0. The Morgan fingerprint density at radius 1 is 1.26 bits per heavy atom. The van der Waals surface area contributed by atoms with E-state index >= 15 is 0 Å². The minimum absolute atomic E-state index is 0.812. The summed E-state index contributed by atoms with van der Waals surface area (Å²) in [5, 5.41) is 16.6. The normalized spacial score (nSPS) is 10.6. The fourth-order valence-electron chi connectivity index (χ4n) is 1.65. The summed E-state index contributed by atoms with van der Waals surface area (Å²) in [5.74, 6) is 0. The van der Waals surface area contributed by atoms with Gasteiger partial charge in [0.2, 0.25) is 0 Å². The molecule has 0 radical (unpaired) electrons. The van der Waals surface area contributed by atoms with Crippen molar-refractivity contribution < 1.29 is 0 Å². The minimum Gasteiger partial charge on any atom is -0.381 e. The van der Waals surface area contributed by atoms with Gasteiger partial charge in [0.05, 0.1) is 9.47 Å². The first-order valence-corrected chi connectivity index (χ1v) is 7.29. The Kier molecular flexibility index (Phi) is 3.56. The maximum atomic E-state index is 3.84. The second kappa shape index (κ2) is 5.50. The molecule has 1 aromatic carbocycles. The van der Waals surface area contributed by atoms with Gasteiger partial charge in [0, 0.05) is 12.2 Å². The van der Waals surface area contributed by atoms with E-state index in [1.54, 1.807) is 22.3 Å². The minimum atomic E-state index is 0.812. The molecular formula is C12H10BrN5S. The Hall–Kier alpha value is -1.73. The average molecular weight is 336 g/mol. The Labute approximate surface area is 122 Å². The van der Waals surface area contributed by atoms with Crippen LogP contribution in [0.1, 0.15) is 5.56 Å². The van der Waals surface area contributed by atoms with Crippen LogP contribution in [-0.2, 0) is 6.54 Å². The quantitative estimate of drug-likeness (QED) is 0.795. The summed E-state index contributed by atoms with van der Waals surface area (Å²) in [7, 11) is 0. The number of benzene rings is 1. The van der Waals surface area contributed by atoms with Crippen molar-refractivity contribution in [3.05, 3.63) is 51.4 Å². The van der Waals surface area contributed by atoms with E-state index in [1.165, 1.54) is 5.56 Å². The van der Waals surface area contributed by atoms with Crippen LogP contribution in [0.4, 0.5) is 5.69 Å². The average Bonchev–Trinajstić information content (AvgIpc) is 3.08. The van der Waals surface area contributed by atoms with Crippen molar-refractivity contribution in [1.29, 1.82) is 0 Å². The SMILES string of the molecule is Brc1cc(CNc2ccc(-n3cnnn3)cc2)cs1. The molecule has 0 amide bonds. The Bertz CT molecular complexity index is 647. The molecule has 19 heavy (non-hydrogen) atoms. The highest BCUT2D eigenvalue weighted by atomic mass is 79.9. The van der Waals surface area contributed by atoms with Crippen molar-refractivity contribution in [3.8, 4) is 5.69 Å². The molecule has 0 saturated carbocycles. The molecule has 96 valence electrons. The van der Waals surface area contributed by atoms with Crippen LogP contribution in [0.15, 0.2) is 45.8 Å². The summed E-state index contributed by atoms with van der Waals surface area (Å²) in [6.07, 6.45) is 1.57. The number of rotatable bonds is 4. The molecule has 0 atom stereocenters. The van der Waals surface area contributed by atoms with E-state index < -0.39 is 0 Å². The lowest BCUT2D eigenvalue weighted by molar-refractivity contribution is 0.789. The van der Waals surface area contributed by atoms with Crippen molar-refractivity contribution in [2.75, 3.05) is 5.32 Å². The standard InChI is InChI=1S/C12H10BrN5S/c13-12-5-9(7-19-12)6-14-10-1-3-11(4-2-10)18-8-15-16-17-18/h1-5,7-8,14H,6H2. The van der Waals surface area contributed by atoms with Gasteiger partial charge < -0.3 is 5.32 Å². The van der Waals surface area contributed by atoms with Gasteiger partial charge in [-0.05, 0) is 67.6 Å². The van der Waals surface area contributed by atoms with E-state index in [0.29, 0.717) is 0 Å². The Balaban J connectivity index is 1.66. The number of tetrazole rings is 1. The second-order valence-corrected chi connectivity index (χ2v) is 6.20. The largest absolute Gasteiger partial charge is 0.381 e. The van der Waals surface area contributed by atoms with Crippen LogP contribution >= 0.6 is 27.3 Å². The molecule has 7 heteroatoms. The molecule has 1 N–H and O–H groups in total. The molecule has 0 fully saturated rings. The van der Waals surface area contributed by atoms with Gasteiger partial charge in [-0.3, -0.25) is 0 Å². The molecule has 0 bridgehead atoms. The molecule has 0 aliphatic heterocycles. The van der Waals surface area contributed by atoms with Crippen LogP contribution < -0.4 is 5.32 Å². The maximum absolute atomic E-state index is 3.84. The van der Waals surface area contributed by atoms with Crippen molar-refractivity contribution >= 4 is 33.0 Å². The van der Waals surface area contributed by atoms with Gasteiger partial charge in [-0.15, -0.1) is 16.4 Å². The monoisotopic (exact) mass is 335 g/mol. The third kappa shape index (κ3) is 2.99. The summed E-state index contributed by atoms with van der Waals surface area (Å²) in [5.41, 5.74) is 3.27. The molecule has 2 heterocycles. The summed E-state index contributed by atoms with van der Waals surface area (Å²) >= 11 is 5.15. The number of hydrogen-bond donors (Lipinski definition) is 1. The topological polar surface area (TPSA) is 55.6 Å². The van der Waals surface area contributed by atoms with Crippen LogP contribution in [0.2, 0.25) is 0 Å². The van der Waals surface area contributed by atoms with Gasteiger partial charge in [0.15, 0.2) is 0 Å². The zero-order chi connectivity index (χ0) is 13.1. The molecule has 3 rings (SSSR count). The van der Waals surface area contributed by atoms with Crippen LogP contribution in [-0.4, -0.2) is 20.2 Å². The third-order valence-corrected chi connectivity index (χ3v) is 4.15. The van der Waals surface area contributed by atoms with E-state index in [9.17, 15) is 0 Å². The molecule has 0 aliphatic carbocycles. The highest BCUT2D eigenvalue weighted by Gasteiger charge is 2.00. The third-order valence-electron chi connectivity index (χ3n) is 2.60. The van der Waals surface area contributed by atoms with Crippen molar-refractivity contribution in [1.82, 2.24) is 20.2 Å². The van der Waals surface area contributed by atoms with E-state index in [-0.39, 0.29) is 0 Å². The fourth-order valence-corrected chi connectivity index (χ4v) is 2.86. The molecule has 0 unspecified atom stereocenters. The van der Waals surface area contributed by atoms with Gasteiger partial charge in [-0.1, -0.05) is 0 Å². The van der Waals surface area contributed by atoms with E-state index in [2.05, 4.69) is 48.2 Å². The van der Waals surface area contributed by atoms with Crippen LogP contribution in [0.5, 0.6) is 0 Å². The maximum Gasteiger partial charge on any atom is 0.143 e. The first-order chi connectivity index (χ1) is 9.31. The first kappa shape index (κ1) is 12.3. The number of nitrogens with one attached hydrogen (secondary N) is 1. The number of anilines is 1. The lowest BCUT2D eigenvalue weighted by Gasteiger charge is -2.06. The number of hydrogen-bond acceptors (Lipinski definition) is 5. The van der Waals surface area contributed by atoms with Crippen molar-refractivity contribution in [2.24, 2.45) is 0 Å². The number of thiophene rings is 1. The highest BCUT2D eigenvalue weighted by molar-refractivity contribution is 9.11. The van der Waals surface area contributed by atoms with Gasteiger partial charge >= 0.3 is 0 Å². The van der Waals surface area contributed by atoms with Gasteiger partial charge in [0.25, 0.3) is 0 Å². The van der Waals surface area contributed by atoms with Crippen LogP contribution in [0, 0.1) is 0 Å². The van der Waals surface area contributed by atoms with Crippen LogP contribution in [0.3, 0.4) is 0 Å². The van der Waals surface area contributed by atoms with Gasteiger partial charge in [-0.25, -0.2) is 4.68 Å². The zero-order valence-electron chi connectivity index (χ0n) is 9.82. The molecule has 0 saturated heterocycles. The van der Waals surface area contributed by atoms with Crippen molar-refractivity contribution in [2.45, 2.75) is 6.54 Å². The highest BCUT2D eigenvalue weighted by Crippen LogP contribution is 2.21. The number of aromatic nitrogens is 4. The summed E-state index contributed by atoms with van der Waals surface area (Å²) < 4.78 is 2.78. The van der Waals surface area contributed by atoms with E-state index in [1.807, 2.05) is 24.3 Å². The molecule has 0 aliphatic rings.